The third-order valence-electron chi connectivity index (χ3n) is 4.37. The van der Waals surface area contributed by atoms with Crippen molar-refractivity contribution in [2.75, 3.05) is 12.9 Å². The number of sulfonamides is 1. The fourth-order valence-corrected chi connectivity index (χ4v) is 6.20. The second-order valence-electron chi connectivity index (χ2n) is 6.42. The summed E-state index contributed by atoms with van der Waals surface area (Å²) in [6, 6.07) is 13.2. The molecule has 2 aromatic carbocycles. The molecule has 144 valence electrons. The van der Waals surface area contributed by atoms with Crippen molar-refractivity contribution < 1.29 is 21.6 Å². The molecule has 2 aromatic rings. The van der Waals surface area contributed by atoms with Gasteiger partial charge in [0.2, 0.25) is 10.0 Å². The summed E-state index contributed by atoms with van der Waals surface area (Å²) < 4.78 is 57.3. The van der Waals surface area contributed by atoms with Gasteiger partial charge in [0.15, 0.2) is 9.84 Å². The van der Waals surface area contributed by atoms with Crippen molar-refractivity contribution in [3.05, 3.63) is 71.1 Å². The molecule has 3 rings (SSSR count). The third-order valence-corrected chi connectivity index (χ3v) is 7.64. The molecular formula is C19H21NO5S2. The van der Waals surface area contributed by atoms with E-state index in [1.54, 1.807) is 25.1 Å². The van der Waals surface area contributed by atoms with Crippen LogP contribution in [0.5, 0.6) is 5.75 Å². The zero-order chi connectivity index (χ0) is 19.7. The Morgan fingerprint density at radius 3 is 2.44 bits per heavy atom. The molecular weight excluding hydrogens is 386 g/mol. The lowest BCUT2D eigenvalue weighted by atomic mass is 10.2. The monoisotopic (exact) mass is 407 g/mol. The van der Waals surface area contributed by atoms with Crippen molar-refractivity contribution in [2.45, 2.75) is 24.4 Å². The largest absolute Gasteiger partial charge is 0.495 e. The van der Waals surface area contributed by atoms with Crippen LogP contribution < -0.4 is 4.74 Å². The van der Waals surface area contributed by atoms with Crippen LogP contribution >= 0.6 is 0 Å². The summed E-state index contributed by atoms with van der Waals surface area (Å²) in [6.07, 6.45) is 1.43. The second kappa shape index (κ2) is 7.46. The average molecular weight is 408 g/mol. The van der Waals surface area contributed by atoms with Crippen molar-refractivity contribution in [1.29, 1.82) is 0 Å². The van der Waals surface area contributed by atoms with E-state index in [0.717, 1.165) is 16.5 Å². The number of methoxy groups -OCH3 is 1. The molecule has 0 amide bonds. The number of sulfone groups is 1. The molecule has 1 atom stereocenters. The van der Waals surface area contributed by atoms with Gasteiger partial charge in [0, 0.05) is 12.0 Å². The molecule has 0 fully saturated rings. The van der Waals surface area contributed by atoms with Crippen molar-refractivity contribution in [3.8, 4) is 5.75 Å². The summed E-state index contributed by atoms with van der Waals surface area (Å²) in [4.78, 5) is 0.0265. The first kappa shape index (κ1) is 19.6. The van der Waals surface area contributed by atoms with Crippen LogP contribution in [0.2, 0.25) is 0 Å². The molecule has 0 saturated heterocycles. The van der Waals surface area contributed by atoms with Gasteiger partial charge in [-0.25, -0.2) is 16.8 Å². The van der Waals surface area contributed by atoms with E-state index in [-0.39, 0.29) is 22.9 Å². The predicted octanol–water partition coefficient (Wildman–Crippen LogP) is 2.51. The molecule has 0 aromatic heterocycles. The number of hydrogen-bond donors (Lipinski definition) is 0. The number of ether oxygens (including phenoxy) is 1. The Hall–Kier alpha value is -2.16. The molecule has 0 N–H and O–H groups in total. The van der Waals surface area contributed by atoms with Crippen LogP contribution in [0.4, 0.5) is 0 Å². The van der Waals surface area contributed by atoms with Crippen molar-refractivity contribution >= 4 is 19.9 Å². The minimum absolute atomic E-state index is 0.0265. The van der Waals surface area contributed by atoms with Crippen LogP contribution in [-0.4, -0.2) is 40.0 Å². The zero-order valence-corrected chi connectivity index (χ0v) is 16.7. The number of hydrogen-bond acceptors (Lipinski definition) is 5. The Bertz CT molecular complexity index is 1060. The Morgan fingerprint density at radius 2 is 1.85 bits per heavy atom. The first-order chi connectivity index (χ1) is 12.7. The topological polar surface area (TPSA) is 80.8 Å². The smallest absolute Gasteiger partial charge is 0.247 e. The molecule has 6 nitrogen and oxygen atoms in total. The molecule has 27 heavy (non-hydrogen) atoms. The summed E-state index contributed by atoms with van der Waals surface area (Å²) in [7, 11) is -6.01. The van der Waals surface area contributed by atoms with Crippen LogP contribution in [-0.2, 0) is 26.4 Å². The van der Waals surface area contributed by atoms with Crippen LogP contribution in [0.3, 0.4) is 0 Å². The summed E-state index contributed by atoms with van der Waals surface area (Å²) in [5, 5.41) is 1.08. The van der Waals surface area contributed by atoms with Gasteiger partial charge in [0.25, 0.3) is 0 Å². The molecule has 0 aliphatic carbocycles. The molecule has 1 aliphatic heterocycles. The molecule has 8 heteroatoms. The lowest BCUT2D eigenvalue weighted by Crippen LogP contribution is -2.40. The summed E-state index contributed by atoms with van der Waals surface area (Å²) in [5.41, 5.74) is 1.54. The van der Waals surface area contributed by atoms with E-state index in [2.05, 4.69) is 0 Å². The second-order valence-corrected chi connectivity index (χ2v) is 10.2. The fraction of sp³-hybridized carbons (Fsp3) is 0.263. The average Bonchev–Trinajstić information content (AvgIpc) is 2.99. The van der Waals surface area contributed by atoms with Crippen LogP contribution in [0.25, 0.3) is 0 Å². The van der Waals surface area contributed by atoms with E-state index in [1.807, 2.05) is 30.3 Å². The number of aryl methyl sites for hydroxylation is 1. The highest BCUT2D eigenvalue weighted by atomic mass is 32.2. The van der Waals surface area contributed by atoms with Gasteiger partial charge in [0.1, 0.15) is 10.6 Å². The number of nitrogens with zero attached hydrogens (tertiary/aromatic N) is 1. The number of benzene rings is 2. The molecule has 0 spiro atoms. The fourth-order valence-electron chi connectivity index (χ4n) is 2.99. The molecule has 0 radical (unpaired) electrons. The maximum Gasteiger partial charge on any atom is 0.247 e. The van der Waals surface area contributed by atoms with Crippen molar-refractivity contribution in [3.63, 3.8) is 0 Å². The van der Waals surface area contributed by atoms with E-state index in [0.29, 0.717) is 0 Å². The Labute approximate surface area is 160 Å². The lowest BCUT2D eigenvalue weighted by molar-refractivity contribution is 0.366. The van der Waals surface area contributed by atoms with Gasteiger partial charge in [-0.2, -0.15) is 4.31 Å². The van der Waals surface area contributed by atoms with Gasteiger partial charge in [-0.1, -0.05) is 42.5 Å². The molecule has 0 bridgehead atoms. The van der Waals surface area contributed by atoms with E-state index < -0.39 is 25.9 Å². The standard InChI is InChI=1S/C19H21NO5S2/c1-15-8-9-18(25-2)19(12-15)27(23,24)20(13-16-6-4-3-5-7-16)17-10-11-26(21,22)14-17/h3-12,17H,13-14H2,1-2H3/t17-/m0/s1. The Morgan fingerprint density at radius 1 is 1.15 bits per heavy atom. The van der Waals surface area contributed by atoms with Gasteiger partial charge in [-0.05, 0) is 30.2 Å². The minimum atomic E-state index is -4.01. The quantitative estimate of drug-likeness (QED) is 0.735. The highest BCUT2D eigenvalue weighted by Gasteiger charge is 2.37. The molecule has 1 aliphatic rings. The summed E-state index contributed by atoms with van der Waals surface area (Å²) in [5.74, 6) is -0.0452. The predicted molar refractivity (Wildman–Crippen MR) is 104 cm³/mol. The van der Waals surface area contributed by atoms with E-state index in [9.17, 15) is 16.8 Å². The van der Waals surface area contributed by atoms with Gasteiger partial charge in [0.05, 0.1) is 18.9 Å². The maximum atomic E-state index is 13.5. The summed E-state index contributed by atoms with van der Waals surface area (Å²) >= 11 is 0. The van der Waals surface area contributed by atoms with Gasteiger partial charge in [-0.15, -0.1) is 0 Å². The van der Waals surface area contributed by atoms with Gasteiger partial charge < -0.3 is 4.74 Å². The third kappa shape index (κ3) is 4.23. The van der Waals surface area contributed by atoms with Crippen molar-refractivity contribution in [1.82, 2.24) is 4.31 Å². The lowest BCUT2D eigenvalue weighted by Gasteiger charge is -2.27. The molecule has 0 saturated carbocycles. The number of rotatable bonds is 6. The van der Waals surface area contributed by atoms with E-state index >= 15 is 0 Å². The van der Waals surface area contributed by atoms with Crippen LogP contribution in [0.1, 0.15) is 11.1 Å². The normalized spacial score (nSPS) is 18.7. The van der Waals surface area contributed by atoms with Crippen molar-refractivity contribution in [2.24, 2.45) is 0 Å². The van der Waals surface area contributed by atoms with Crippen LogP contribution in [0, 0.1) is 6.92 Å². The highest BCUT2D eigenvalue weighted by Crippen LogP contribution is 2.31. The van der Waals surface area contributed by atoms with E-state index in [4.69, 9.17) is 4.74 Å². The first-order valence-corrected chi connectivity index (χ1v) is 11.5. The maximum absolute atomic E-state index is 13.5. The first-order valence-electron chi connectivity index (χ1n) is 8.34. The van der Waals surface area contributed by atoms with Gasteiger partial charge >= 0.3 is 0 Å². The Balaban J connectivity index is 2.09. The Kier molecular flexibility index (Phi) is 5.41. The SMILES string of the molecule is COc1ccc(C)cc1S(=O)(=O)N(Cc1ccccc1)[C@H]1C=CS(=O)(=O)C1. The highest BCUT2D eigenvalue weighted by molar-refractivity contribution is 7.94. The van der Waals surface area contributed by atoms with E-state index in [1.165, 1.54) is 17.5 Å². The summed E-state index contributed by atoms with van der Waals surface area (Å²) in [6.45, 7) is 1.85. The molecule has 1 heterocycles. The van der Waals surface area contributed by atoms with Gasteiger partial charge in [-0.3, -0.25) is 0 Å². The zero-order valence-electron chi connectivity index (χ0n) is 15.1. The molecule has 0 unspecified atom stereocenters. The minimum Gasteiger partial charge on any atom is -0.495 e. The van der Waals surface area contributed by atoms with Crippen LogP contribution in [0.15, 0.2) is 64.9 Å².